The Morgan fingerprint density at radius 1 is 1.06 bits per heavy atom. The highest BCUT2D eigenvalue weighted by Crippen LogP contribution is 2.47. The molecule has 1 atom stereocenters. The molecule has 18 heavy (non-hydrogen) atoms. The van der Waals surface area contributed by atoms with Crippen LogP contribution in [0.2, 0.25) is 0 Å². The fraction of sp³-hybridized carbons (Fsp3) is 0.0714. The van der Waals surface area contributed by atoms with Gasteiger partial charge in [-0.2, -0.15) is 0 Å². The molecule has 90 valence electrons. The van der Waals surface area contributed by atoms with Crippen LogP contribution in [-0.2, 0) is 10.4 Å². The van der Waals surface area contributed by atoms with Gasteiger partial charge in [0.05, 0.1) is 0 Å². The van der Waals surface area contributed by atoms with Crippen molar-refractivity contribution in [1.82, 2.24) is 0 Å². The van der Waals surface area contributed by atoms with Crippen molar-refractivity contribution in [3.8, 4) is 11.1 Å². The van der Waals surface area contributed by atoms with E-state index in [-0.39, 0.29) is 11.1 Å². The molecule has 3 rings (SSSR count). The molecule has 0 amide bonds. The molecule has 1 unspecified atom stereocenters. The third-order valence-electron chi connectivity index (χ3n) is 3.29. The van der Waals surface area contributed by atoms with Crippen molar-refractivity contribution in [1.29, 1.82) is 0 Å². The molecule has 4 heteroatoms. The molecule has 0 saturated heterocycles. The van der Waals surface area contributed by atoms with E-state index in [1.807, 2.05) is 0 Å². The number of rotatable bonds is 1. The summed E-state index contributed by atoms with van der Waals surface area (Å²) in [5.41, 5.74) is -0.641. The molecule has 0 aliphatic heterocycles. The van der Waals surface area contributed by atoms with Gasteiger partial charge >= 0.3 is 5.97 Å². The molecule has 2 N–H and O–H groups in total. The summed E-state index contributed by atoms with van der Waals surface area (Å²) < 4.78 is 13.3. The lowest BCUT2D eigenvalue weighted by Crippen LogP contribution is -2.34. The third-order valence-corrected chi connectivity index (χ3v) is 3.29. The summed E-state index contributed by atoms with van der Waals surface area (Å²) in [6.07, 6.45) is 0. The van der Waals surface area contributed by atoms with Crippen molar-refractivity contribution in [2.45, 2.75) is 5.60 Å². The van der Waals surface area contributed by atoms with Crippen molar-refractivity contribution in [2.24, 2.45) is 0 Å². The molecule has 3 nitrogen and oxygen atoms in total. The van der Waals surface area contributed by atoms with Crippen molar-refractivity contribution in [2.75, 3.05) is 0 Å². The molecule has 0 radical (unpaired) electrons. The summed E-state index contributed by atoms with van der Waals surface area (Å²) in [5.74, 6) is -1.97. The van der Waals surface area contributed by atoms with Crippen LogP contribution in [0.5, 0.6) is 0 Å². The van der Waals surface area contributed by atoms with Crippen LogP contribution >= 0.6 is 0 Å². The van der Waals surface area contributed by atoms with Gasteiger partial charge in [-0.05, 0) is 23.3 Å². The van der Waals surface area contributed by atoms with E-state index in [1.54, 1.807) is 24.3 Å². The van der Waals surface area contributed by atoms with Crippen molar-refractivity contribution >= 4 is 5.97 Å². The van der Waals surface area contributed by atoms with Crippen molar-refractivity contribution in [3.63, 3.8) is 0 Å². The van der Waals surface area contributed by atoms with Crippen LogP contribution in [0.25, 0.3) is 11.1 Å². The largest absolute Gasteiger partial charge is 0.479 e. The first-order valence-electron chi connectivity index (χ1n) is 5.41. The predicted octanol–water partition coefficient (Wildman–Crippen LogP) is 2.13. The maximum atomic E-state index is 13.3. The zero-order chi connectivity index (χ0) is 12.9. The number of fused-ring (bicyclic) bond motifs is 3. The van der Waals surface area contributed by atoms with Gasteiger partial charge in [0.25, 0.3) is 0 Å². The van der Waals surface area contributed by atoms with E-state index >= 15 is 0 Å². The number of halogens is 1. The number of aliphatic carboxylic acids is 1. The maximum absolute atomic E-state index is 13.3. The fourth-order valence-electron chi connectivity index (χ4n) is 2.46. The van der Waals surface area contributed by atoms with Gasteiger partial charge in [0.15, 0.2) is 0 Å². The highest BCUT2D eigenvalue weighted by molar-refractivity contribution is 5.95. The smallest absolute Gasteiger partial charge is 0.345 e. The van der Waals surface area contributed by atoms with Gasteiger partial charge in [0, 0.05) is 11.1 Å². The van der Waals surface area contributed by atoms with Crippen LogP contribution in [0.1, 0.15) is 11.1 Å². The first-order chi connectivity index (χ1) is 8.55. The minimum Gasteiger partial charge on any atom is -0.479 e. The minimum atomic E-state index is -2.17. The Labute approximate surface area is 102 Å². The van der Waals surface area contributed by atoms with E-state index < -0.39 is 17.4 Å². The van der Waals surface area contributed by atoms with Crippen molar-refractivity contribution in [3.05, 3.63) is 59.4 Å². The normalized spacial score (nSPS) is 20.3. The predicted molar refractivity (Wildman–Crippen MR) is 62.5 cm³/mol. The Hall–Kier alpha value is -2.20. The number of carboxylic acids is 1. The van der Waals surface area contributed by atoms with E-state index in [0.29, 0.717) is 11.1 Å². The zero-order valence-corrected chi connectivity index (χ0v) is 9.22. The highest BCUT2D eigenvalue weighted by atomic mass is 19.1. The topological polar surface area (TPSA) is 57.5 Å². The molecule has 0 fully saturated rings. The van der Waals surface area contributed by atoms with E-state index in [0.717, 1.165) is 6.07 Å². The second-order valence-corrected chi connectivity index (χ2v) is 4.25. The van der Waals surface area contributed by atoms with Crippen LogP contribution in [0.3, 0.4) is 0 Å². The number of aliphatic hydroxyl groups is 1. The first-order valence-corrected chi connectivity index (χ1v) is 5.41. The molecule has 2 aromatic carbocycles. The van der Waals surface area contributed by atoms with Gasteiger partial charge in [-0.1, -0.05) is 30.3 Å². The lowest BCUT2D eigenvalue weighted by Gasteiger charge is -2.20. The van der Waals surface area contributed by atoms with Gasteiger partial charge in [0.1, 0.15) is 5.82 Å². The summed E-state index contributed by atoms with van der Waals surface area (Å²) in [4.78, 5) is 11.4. The van der Waals surface area contributed by atoms with Gasteiger partial charge in [0.2, 0.25) is 5.60 Å². The van der Waals surface area contributed by atoms with E-state index in [1.165, 1.54) is 12.1 Å². The molecule has 0 spiro atoms. The molecule has 0 heterocycles. The van der Waals surface area contributed by atoms with Crippen LogP contribution in [0.4, 0.5) is 4.39 Å². The molecule has 1 aliphatic rings. The molecule has 1 aliphatic carbocycles. The van der Waals surface area contributed by atoms with Crippen LogP contribution in [0, 0.1) is 5.82 Å². The maximum Gasteiger partial charge on any atom is 0.345 e. The number of hydrogen-bond donors (Lipinski definition) is 2. The lowest BCUT2D eigenvalue weighted by molar-refractivity contribution is -0.154. The standard InChI is InChI=1S/C14H9FO3/c15-8-5-6-10-9-3-1-2-4-11(9)14(18,13(16)17)12(10)7-8/h1-7,18H,(H,16,17). The van der Waals surface area contributed by atoms with Crippen LogP contribution < -0.4 is 0 Å². The number of hydrogen-bond acceptors (Lipinski definition) is 2. The summed E-state index contributed by atoms with van der Waals surface area (Å²) in [5, 5.41) is 19.7. The van der Waals surface area contributed by atoms with Gasteiger partial charge in [-0.3, -0.25) is 0 Å². The quantitative estimate of drug-likeness (QED) is 0.807. The van der Waals surface area contributed by atoms with Crippen molar-refractivity contribution < 1.29 is 19.4 Å². The second kappa shape index (κ2) is 3.40. The molecule has 0 bridgehead atoms. The van der Waals surface area contributed by atoms with E-state index in [2.05, 4.69) is 0 Å². The summed E-state index contributed by atoms with van der Waals surface area (Å²) >= 11 is 0. The number of carboxylic acid groups (broad SMARTS) is 1. The molecular weight excluding hydrogens is 235 g/mol. The average molecular weight is 244 g/mol. The van der Waals surface area contributed by atoms with Crippen LogP contribution in [-0.4, -0.2) is 16.2 Å². The highest BCUT2D eigenvalue weighted by Gasteiger charge is 2.48. The first kappa shape index (κ1) is 10.9. The van der Waals surface area contributed by atoms with Gasteiger partial charge in [-0.15, -0.1) is 0 Å². The SMILES string of the molecule is O=C(O)C1(O)c2ccccc2-c2ccc(F)cc21. The van der Waals surface area contributed by atoms with E-state index in [4.69, 9.17) is 0 Å². The summed E-state index contributed by atoms with van der Waals surface area (Å²) in [6.45, 7) is 0. The Morgan fingerprint density at radius 2 is 1.72 bits per heavy atom. The lowest BCUT2D eigenvalue weighted by atomic mass is 9.92. The number of carbonyl (C=O) groups is 1. The summed E-state index contributed by atoms with van der Waals surface area (Å²) in [6, 6.07) is 10.5. The summed E-state index contributed by atoms with van der Waals surface area (Å²) in [7, 11) is 0. The van der Waals surface area contributed by atoms with Gasteiger partial charge in [-0.25, -0.2) is 9.18 Å². The second-order valence-electron chi connectivity index (χ2n) is 4.25. The molecular formula is C14H9FO3. The Bertz CT molecular complexity index is 666. The van der Waals surface area contributed by atoms with Gasteiger partial charge < -0.3 is 10.2 Å². The molecule has 0 aromatic heterocycles. The number of benzene rings is 2. The monoisotopic (exact) mass is 244 g/mol. The zero-order valence-electron chi connectivity index (χ0n) is 9.22. The fourth-order valence-corrected chi connectivity index (χ4v) is 2.46. The Kier molecular flexibility index (Phi) is 2.06. The minimum absolute atomic E-state index is 0.0798. The molecule has 0 saturated carbocycles. The molecule has 2 aromatic rings. The average Bonchev–Trinajstić information content (AvgIpc) is 2.61. The van der Waals surface area contributed by atoms with E-state index in [9.17, 15) is 19.4 Å². The Morgan fingerprint density at radius 3 is 2.44 bits per heavy atom. The Balaban J connectivity index is 2.42. The van der Waals surface area contributed by atoms with Crippen LogP contribution in [0.15, 0.2) is 42.5 Å². The third kappa shape index (κ3) is 1.18.